The molecule has 2 heteroatoms. The molecule has 0 saturated heterocycles. The van der Waals surface area contributed by atoms with Crippen LogP contribution >= 0.6 is 0 Å². The van der Waals surface area contributed by atoms with E-state index in [0.29, 0.717) is 0 Å². The predicted molar refractivity (Wildman–Crippen MR) is 86.3 cm³/mol. The maximum absolute atomic E-state index is 11.3. The molecule has 0 aliphatic heterocycles. The summed E-state index contributed by atoms with van der Waals surface area (Å²) in [6, 6.07) is 0.146. The smallest absolute Gasteiger partial charge is 0.00839 e. The van der Waals surface area contributed by atoms with E-state index in [9.17, 15) is 5.21 Å². The van der Waals surface area contributed by atoms with Crippen molar-refractivity contribution in [2.45, 2.75) is 104 Å². The number of hydroxylamine groups is 2. The highest BCUT2D eigenvalue weighted by atomic mass is 16.5. The molecule has 0 aromatic carbocycles. The van der Waals surface area contributed by atoms with Gasteiger partial charge in [0.05, 0.1) is 0 Å². The van der Waals surface area contributed by atoms with Crippen molar-refractivity contribution >= 4 is 0 Å². The van der Waals surface area contributed by atoms with Crippen molar-refractivity contribution in [3.05, 3.63) is 5.21 Å². The van der Waals surface area contributed by atoms with Crippen molar-refractivity contribution in [2.24, 2.45) is 0 Å². The molecular formula is C17H36NO-. The molecule has 0 fully saturated rings. The summed E-state index contributed by atoms with van der Waals surface area (Å²) in [5, 5.41) is 12.5. The predicted octanol–water partition coefficient (Wildman–Crippen LogP) is 5.90. The Morgan fingerprint density at radius 3 is 1.42 bits per heavy atom. The van der Waals surface area contributed by atoms with E-state index >= 15 is 0 Å². The lowest BCUT2D eigenvalue weighted by atomic mass is 10.1. The van der Waals surface area contributed by atoms with Gasteiger partial charge in [-0.25, -0.2) is 0 Å². The summed E-state index contributed by atoms with van der Waals surface area (Å²) in [5.41, 5.74) is 0. The molecule has 116 valence electrons. The van der Waals surface area contributed by atoms with E-state index in [4.69, 9.17) is 0 Å². The van der Waals surface area contributed by atoms with Gasteiger partial charge in [-0.05, 0) is 19.0 Å². The van der Waals surface area contributed by atoms with Crippen LogP contribution in [0.2, 0.25) is 0 Å². The van der Waals surface area contributed by atoms with Crippen LogP contribution in [-0.2, 0) is 0 Å². The molecule has 0 N–H and O–H groups in total. The topological polar surface area (TPSA) is 26.3 Å². The van der Waals surface area contributed by atoms with Crippen molar-refractivity contribution in [2.75, 3.05) is 6.54 Å². The Labute approximate surface area is 121 Å². The fraction of sp³-hybridized carbons (Fsp3) is 1.00. The molecule has 0 rings (SSSR count). The Morgan fingerprint density at radius 1 is 0.684 bits per heavy atom. The minimum Gasteiger partial charge on any atom is -0.785 e. The zero-order valence-electron chi connectivity index (χ0n) is 13.6. The molecule has 0 atom stereocenters. The molecule has 0 aliphatic rings. The van der Waals surface area contributed by atoms with Gasteiger partial charge in [-0.15, -0.1) is 0 Å². The lowest BCUT2D eigenvalue weighted by molar-refractivity contribution is 0.303. The minimum atomic E-state index is 0.146. The molecule has 0 radical (unpaired) electrons. The average Bonchev–Trinajstić information content (AvgIpc) is 2.39. The summed E-state index contributed by atoms with van der Waals surface area (Å²) in [5.74, 6) is 0. The molecule has 2 nitrogen and oxygen atoms in total. The Hall–Kier alpha value is -0.0800. The fourth-order valence-electron chi connectivity index (χ4n) is 2.37. The molecule has 0 aliphatic carbocycles. The highest BCUT2D eigenvalue weighted by Gasteiger charge is 1.97. The van der Waals surface area contributed by atoms with Gasteiger partial charge in [0.1, 0.15) is 0 Å². The number of rotatable bonds is 14. The van der Waals surface area contributed by atoms with Gasteiger partial charge in [0.2, 0.25) is 0 Å². The summed E-state index contributed by atoms with van der Waals surface area (Å²) in [7, 11) is 0. The van der Waals surface area contributed by atoms with E-state index in [2.05, 4.69) is 6.92 Å². The maximum Gasteiger partial charge on any atom is -0.00839 e. The normalized spacial score (nSPS) is 11.7. The summed E-state index contributed by atoms with van der Waals surface area (Å²) in [6.45, 7) is 6.92. The summed E-state index contributed by atoms with van der Waals surface area (Å²) >= 11 is 0. The Morgan fingerprint density at radius 2 is 1.05 bits per heavy atom. The quantitative estimate of drug-likeness (QED) is 0.290. The zero-order valence-corrected chi connectivity index (χ0v) is 13.6. The van der Waals surface area contributed by atoms with Gasteiger partial charge in [0.15, 0.2) is 0 Å². The molecule has 0 saturated carbocycles. The van der Waals surface area contributed by atoms with Crippen LogP contribution in [0.25, 0.3) is 0 Å². The van der Waals surface area contributed by atoms with Crippen LogP contribution in [0.4, 0.5) is 0 Å². The lowest BCUT2D eigenvalue weighted by Crippen LogP contribution is -2.25. The van der Waals surface area contributed by atoms with E-state index < -0.39 is 0 Å². The summed E-state index contributed by atoms with van der Waals surface area (Å²) < 4.78 is 0. The number of nitrogens with zero attached hydrogens (tertiary/aromatic N) is 1. The van der Waals surface area contributed by atoms with E-state index in [0.717, 1.165) is 13.0 Å². The minimum absolute atomic E-state index is 0.146. The van der Waals surface area contributed by atoms with Crippen molar-refractivity contribution < 1.29 is 0 Å². The number of hydrogen-bond donors (Lipinski definition) is 0. The second-order valence-electron chi connectivity index (χ2n) is 6.12. The van der Waals surface area contributed by atoms with Crippen molar-refractivity contribution in [3.8, 4) is 0 Å². The SMILES string of the molecule is CCCCCCCCCCCCCCN([O-])C(C)C. The number of hydrogen-bond acceptors (Lipinski definition) is 2. The highest BCUT2D eigenvalue weighted by molar-refractivity contribution is 4.62. The van der Waals surface area contributed by atoms with Gasteiger partial charge >= 0.3 is 0 Å². The van der Waals surface area contributed by atoms with Crippen LogP contribution in [0.15, 0.2) is 0 Å². The third-order valence-electron chi connectivity index (χ3n) is 3.81. The molecule has 0 unspecified atom stereocenters. The average molecular weight is 270 g/mol. The van der Waals surface area contributed by atoms with Crippen LogP contribution < -0.4 is 0 Å². The monoisotopic (exact) mass is 270 g/mol. The van der Waals surface area contributed by atoms with E-state index in [1.54, 1.807) is 0 Å². The van der Waals surface area contributed by atoms with E-state index in [1.807, 2.05) is 13.8 Å². The molecule has 0 aromatic rings. The van der Waals surface area contributed by atoms with Gasteiger partial charge in [0, 0.05) is 0 Å². The first-order valence-electron chi connectivity index (χ1n) is 8.62. The Balaban J connectivity index is 3.03. The third kappa shape index (κ3) is 14.1. The molecule has 0 heterocycles. The first-order valence-corrected chi connectivity index (χ1v) is 8.62. The van der Waals surface area contributed by atoms with Gasteiger partial charge < -0.3 is 10.3 Å². The molecule has 0 bridgehead atoms. The van der Waals surface area contributed by atoms with Crippen LogP contribution in [0.5, 0.6) is 0 Å². The lowest BCUT2D eigenvalue weighted by Gasteiger charge is -2.32. The van der Waals surface area contributed by atoms with Crippen LogP contribution in [0.1, 0.15) is 97.8 Å². The third-order valence-corrected chi connectivity index (χ3v) is 3.81. The second-order valence-corrected chi connectivity index (χ2v) is 6.12. The summed E-state index contributed by atoms with van der Waals surface area (Å²) in [6.07, 6.45) is 16.2. The maximum atomic E-state index is 11.3. The van der Waals surface area contributed by atoms with Gasteiger partial charge in [-0.1, -0.05) is 91.4 Å². The standard InChI is InChI=1S/C17H36NO/c1-4-5-6-7-8-9-10-11-12-13-14-15-16-18(19)17(2)3/h17H,4-16H2,1-3H3/q-1. The first-order chi connectivity index (χ1) is 9.18. The Kier molecular flexibility index (Phi) is 14.3. The molecule has 0 aromatic heterocycles. The van der Waals surface area contributed by atoms with Crippen LogP contribution in [0.3, 0.4) is 0 Å². The first kappa shape index (κ1) is 18.9. The van der Waals surface area contributed by atoms with Crippen molar-refractivity contribution in [1.29, 1.82) is 0 Å². The molecule has 19 heavy (non-hydrogen) atoms. The van der Waals surface area contributed by atoms with Gasteiger partial charge in [0.25, 0.3) is 0 Å². The Bertz CT molecular complexity index is 171. The van der Waals surface area contributed by atoms with E-state index in [-0.39, 0.29) is 6.04 Å². The van der Waals surface area contributed by atoms with Crippen LogP contribution in [-0.4, -0.2) is 17.6 Å². The van der Waals surface area contributed by atoms with Gasteiger partial charge in [-0.3, -0.25) is 0 Å². The zero-order chi connectivity index (χ0) is 14.3. The molecule has 0 amide bonds. The largest absolute Gasteiger partial charge is 0.785 e. The summed E-state index contributed by atoms with van der Waals surface area (Å²) in [4.78, 5) is 0. The van der Waals surface area contributed by atoms with Crippen LogP contribution in [0, 0.1) is 5.21 Å². The second kappa shape index (κ2) is 14.3. The highest BCUT2D eigenvalue weighted by Crippen LogP contribution is 2.12. The number of unbranched alkanes of at least 4 members (excludes halogenated alkanes) is 11. The van der Waals surface area contributed by atoms with Crippen molar-refractivity contribution in [1.82, 2.24) is 5.06 Å². The van der Waals surface area contributed by atoms with Gasteiger partial charge in [-0.2, -0.15) is 0 Å². The van der Waals surface area contributed by atoms with Crippen molar-refractivity contribution in [3.63, 3.8) is 0 Å². The van der Waals surface area contributed by atoms with E-state index in [1.165, 1.54) is 75.7 Å². The molecule has 0 spiro atoms. The fourth-order valence-corrected chi connectivity index (χ4v) is 2.37. The molecular weight excluding hydrogens is 234 g/mol.